The summed E-state index contributed by atoms with van der Waals surface area (Å²) in [7, 11) is -4.38. The number of phosphoric ester groups is 1. The van der Waals surface area contributed by atoms with E-state index in [1.54, 1.807) is 0 Å². The molecule has 10 heteroatoms. The van der Waals surface area contributed by atoms with Crippen LogP contribution in [0.2, 0.25) is 0 Å². The molecule has 0 aliphatic carbocycles. The summed E-state index contributed by atoms with van der Waals surface area (Å²) < 4.78 is 32.8. The molecule has 71 heavy (non-hydrogen) atoms. The zero-order chi connectivity index (χ0) is 51.7. The maximum atomic E-state index is 12.6. The van der Waals surface area contributed by atoms with Gasteiger partial charge in [0.15, 0.2) is 6.10 Å². The maximum absolute atomic E-state index is 12.6. The molecule has 0 rings (SSSR count). The summed E-state index contributed by atoms with van der Waals surface area (Å²) in [6.45, 7) is 3.58. The third-order valence-electron chi connectivity index (χ3n) is 11.4. The van der Waals surface area contributed by atoms with Crippen LogP contribution < -0.4 is 5.73 Å². The molecule has 0 aromatic carbocycles. The van der Waals surface area contributed by atoms with Crippen LogP contribution in [0.15, 0.2) is 122 Å². The lowest BCUT2D eigenvalue weighted by Crippen LogP contribution is -2.29. The minimum atomic E-state index is -4.38. The van der Waals surface area contributed by atoms with Gasteiger partial charge < -0.3 is 20.1 Å². The number of carbonyl (C=O) groups is 2. The summed E-state index contributed by atoms with van der Waals surface area (Å²) in [5.41, 5.74) is 5.36. The molecule has 0 aliphatic rings. The second-order valence-electron chi connectivity index (χ2n) is 18.1. The molecule has 2 unspecified atom stereocenters. The topological polar surface area (TPSA) is 134 Å². The van der Waals surface area contributed by atoms with Crippen molar-refractivity contribution in [2.24, 2.45) is 5.73 Å². The fraction of sp³-hybridized carbons (Fsp3) is 0.639. The molecule has 2 atom stereocenters. The largest absolute Gasteiger partial charge is 0.472 e. The van der Waals surface area contributed by atoms with E-state index in [-0.39, 0.29) is 38.6 Å². The molecule has 0 radical (unpaired) electrons. The second-order valence-corrected chi connectivity index (χ2v) is 19.5. The van der Waals surface area contributed by atoms with Crippen molar-refractivity contribution in [1.82, 2.24) is 0 Å². The number of ether oxygens (including phenoxy) is 2. The van der Waals surface area contributed by atoms with Gasteiger partial charge in [0.25, 0.3) is 0 Å². The highest BCUT2D eigenvalue weighted by Gasteiger charge is 2.26. The van der Waals surface area contributed by atoms with E-state index in [2.05, 4.69) is 135 Å². The van der Waals surface area contributed by atoms with Crippen LogP contribution in [0.3, 0.4) is 0 Å². The molecular formula is C61H102NO8P. The van der Waals surface area contributed by atoms with Crippen molar-refractivity contribution in [3.63, 3.8) is 0 Å². The van der Waals surface area contributed by atoms with Crippen molar-refractivity contribution in [2.45, 2.75) is 225 Å². The molecule has 0 saturated heterocycles. The number of hydrogen-bond donors (Lipinski definition) is 2. The highest BCUT2D eigenvalue weighted by Crippen LogP contribution is 2.43. The van der Waals surface area contributed by atoms with Crippen LogP contribution in [0.5, 0.6) is 0 Å². The number of esters is 2. The van der Waals surface area contributed by atoms with Crippen molar-refractivity contribution >= 4 is 19.8 Å². The highest BCUT2D eigenvalue weighted by molar-refractivity contribution is 7.47. The first-order chi connectivity index (χ1) is 34.8. The molecule has 0 heterocycles. The van der Waals surface area contributed by atoms with E-state index in [1.165, 1.54) is 77.0 Å². The Balaban J connectivity index is 3.90. The Hall–Kier alpha value is -3.59. The third kappa shape index (κ3) is 55.6. The smallest absolute Gasteiger partial charge is 0.462 e. The number of phosphoric acid groups is 1. The van der Waals surface area contributed by atoms with E-state index >= 15 is 0 Å². The zero-order valence-electron chi connectivity index (χ0n) is 44.9. The van der Waals surface area contributed by atoms with Crippen LogP contribution in [0.4, 0.5) is 0 Å². The Kier molecular flexibility index (Phi) is 52.9. The Labute approximate surface area is 434 Å². The summed E-state index contributed by atoms with van der Waals surface area (Å²) in [5.74, 6) is -0.841. The lowest BCUT2D eigenvalue weighted by atomic mass is 10.0. The molecule has 0 spiro atoms. The second kappa shape index (κ2) is 55.7. The average molecular weight is 1010 g/mol. The minimum absolute atomic E-state index is 0.0488. The van der Waals surface area contributed by atoms with Gasteiger partial charge in [-0.1, -0.05) is 238 Å². The molecule has 0 fully saturated rings. The molecule has 9 nitrogen and oxygen atoms in total. The number of hydrogen-bond acceptors (Lipinski definition) is 8. The van der Waals surface area contributed by atoms with E-state index in [9.17, 15) is 19.0 Å². The van der Waals surface area contributed by atoms with Gasteiger partial charge in [0.1, 0.15) is 6.61 Å². The van der Waals surface area contributed by atoms with Crippen molar-refractivity contribution < 1.29 is 37.6 Å². The Bertz CT molecular complexity index is 1570. The van der Waals surface area contributed by atoms with Crippen molar-refractivity contribution in [3.8, 4) is 0 Å². The number of unbranched alkanes of at least 4 members (excludes halogenated alkanes) is 18. The van der Waals surface area contributed by atoms with E-state index in [0.717, 1.165) is 109 Å². The molecule has 0 amide bonds. The first-order valence-corrected chi connectivity index (χ1v) is 29.5. The fourth-order valence-electron chi connectivity index (χ4n) is 7.25. The molecule has 0 saturated carbocycles. The Morgan fingerprint density at radius 2 is 0.775 bits per heavy atom. The predicted octanol–water partition coefficient (Wildman–Crippen LogP) is 17.6. The van der Waals surface area contributed by atoms with Crippen LogP contribution in [0.25, 0.3) is 0 Å². The van der Waals surface area contributed by atoms with Gasteiger partial charge in [0.2, 0.25) is 0 Å². The van der Waals surface area contributed by atoms with Gasteiger partial charge in [-0.25, -0.2) is 4.57 Å². The molecule has 0 aromatic heterocycles. The van der Waals surface area contributed by atoms with Crippen LogP contribution in [0, 0.1) is 0 Å². The quantitative estimate of drug-likeness (QED) is 0.0264. The van der Waals surface area contributed by atoms with E-state index in [0.29, 0.717) is 6.42 Å². The minimum Gasteiger partial charge on any atom is -0.462 e. The van der Waals surface area contributed by atoms with Gasteiger partial charge in [-0.05, 0) is 89.9 Å². The van der Waals surface area contributed by atoms with Gasteiger partial charge in [-0.15, -0.1) is 0 Å². The first-order valence-electron chi connectivity index (χ1n) is 28.0. The summed E-state index contributed by atoms with van der Waals surface area (Å²) in [5, 5.41) is 0. The number of carbonyl (C=O) groups excluding carboxylic acids is 2. The lowest BCUT2D eigenvalue weighted by molar-refractivity contribution is -0.161. The van der Waals surface area contributed by atoms with Gasteiger partial charge in [-0.2, -0.15) is 0 Å². The van der Waals surface area contributed by atoms with Crippen LogP contribution in [-0.4, -0.2) is 49.3 Å². The van der Waals surface area contributed by atoms with Gasteiger partial charge in [-0.3, -0.25) is 18.6 Å². The standard InChI is InChI=1S/C61H102NO8P/c1-3-5-7-9-11-13-14-15-16-17-18-19-20-21-22-23-24-25-26-27-28-29-30-31-32-33-34-35-36-37-38-39-40-41-42-43-44-46-48-50-52-54-61(64)70-59(58-69-71(65,66)68-56-55-62)57-67-60(63)53-51-49-47-45-12-10-8-6-4-2/h5,7,11,13,15-16,18-19,21-22,24-25,27-28,30-31,33-34,36-37,59H,3-4,6,8-10,12,14,17,20,23,26,29,32,35,38-58,62H2,1-2H3,(H,65,66)/b7-5-,13-11-,16-15-,19-18-,22-21-,25-24-,28-27-,31-30-,34-33-,37-36-. The predicted molar refractivity (Wildman–Crippen MR) is 302 cm³/mol. The van der Waals surface area contributed by atoms with Gasteiger partial charge >= 0.3 is 19.8 Å². The van der Waals surface area contributed by atoms with E-state index in [1.807, 2.05) is 0 Å². The molecule has 3 N–H and O–H groups in total. The first kappa shape index (κ1) is 67.4. The summed E-state index contributed by atoms with van der Waals surface area (Å²) >= 11 is 0. The zero-order valence-corrected chi connectivity index (χ0v) is 45.8. The fourth-order valence-corrected chi connectivity index (χ4v) is 8.02. The molecule has 0 aliphatic heterocycles. The van der Waals surface area contributed by atoms with E-state index in [4.69, 9.17) is 24.3 Å². The van der Waals surface area contributed by atoms with Crippen molar-refractivity contribution in [2.75, 3.05) is 26.4 Å². The number of rotatable bonds is 51. The summed E-state index contributed by atoms with van der Waals surface area (Å²) in [6, 6.07) is 0. The van der Waals surface area contributed by atoms with Crippen LogP contribution in [0.1, 0.15) is 219 Å². The van der Waals surface area contributed by atoms with Crippen LogP contribution >= 0.6 is 7.82 Å². The molecule has 0 bridgehead atoms. The van der Waals surface area contributed by atoms with E-state index < -0.39 is 26.5 Å². The molecular weight excluding hydrogens is 906 g/mol. The Morgan fingerprint density at radius 1 is 0.437 bits per heavy atom. The van der Waals surface area contributed by atoms with Crippen LogP contribution in [-0.2, 0) is 32.7 Å². The lowest BCUT2D eigenvalue weighted by Gasteiger charge is -2.19. The monoisotopic (exact) mass is 1010 g/mol. The Morgan fingerprint density at radius 3 is 1.15 bits per heavy atom. The summed E-state index contributed by atoms with van der Waals surface area (Å²) in [6.07, 6.45) is 77.0. The SMILES string of the molecule is CC/C=C\C/C=C\C/C=C\C/C=C\C/C=C\C/C=C\C/C=C\C/C=C\C/C=C\C/C=C\CCCCCCCCCCCCC(=O)OC(COC(=O)CCCCCCCCCCC)COP(=O)(O)OCCN. The number of nitrogens with two attached hydrogens (primary N) is 1. The highest BCUT2D eigenvalue weighted by atomic mass is 31.2. The molecule has 404 valence electrons. The average Bonchev–Trinajstić information content (AvgIpc) is 3.36. The number of allylic oxidation sites excluding steroid dienone is 20. The normalized spacial score (nSPS) is 14.0. The molecule has 0 aromatic rings. The van der Waals surface area contributed by atoms with Gasteiger partial charge in [0, 0.05) is 19.4 Å². The third-order valence-corrected chi connectivity index (χ3v) is 12.3. The maximum Gasteiger partial charge on any atom is 0.472 e. The van der Waals surface area contributed by atoms with Crippen molar-refractivity contribution in [3.05, 3.63) is 122 Å². The summed E-state index contributed by atoms with van der Waals surface area (Å²) in [4.78, 5) is 34.9. The van der Waals surface area contributed by atoms with Gasteiger partial charge in [0.05, 0.1) is 13.2 Å². The van der Waals surface area contributed by atoms with Crippen molar-refractivity contribution in [1.29, 1.82) is 0 Å².